The second kappa shape index (κ2) is 18.4. The molecule has 1 atom stereocenters. The van der Waals surface area contributed by atoms with Crippen LogP contribution in [0.25, 0.3) is 22.2 Å². The van der Waals surface area contributed by atoms with Gasteiger partial charge < -0.3 is 30.4 Å². The number of carbonyl (C=O) groups excluding carboxylic acids is 4. The van der Waals surface area contributed by atoms with E-state index in [0.717, 1.165) is 48.3 Å². The normalized spacial score (nSPS) is 13.1. The molecule has 52 heavy (non-hydrogen) atoms. The standard InChI is InChI=1S/C28H30N8O2.2C2HF3O2/c1-29-25(37)10-4-2-3-9-23(34-26(38)13-19-15-31-28-32-18-33-36(28)17-19)27-30-16-24(35-27)22-12-11-20-7-5-6-8-21(20)14-22;2*3-2(4,5)1(6)7/h5-8,11-12,14-18,23H,2-4,9-10,13H2,1H3,(H3,29,30,34,35,37,38);2*(H,6,7)/t23-;;/m0../s1. The molecule has 0 fully saturated rings. The van der Waals surface area contributed by atoms with Gasteiger partial charge in [-0.25, -0.2) is 10.1 Å². The number of unbranched alkanes of at least 4 members (excludes halogenated alkanes) is 2. The molecule has 14 nitrogen and oxygen atoms in total. The number of aromatic nitrogens is 4. The molecule has 1 aliphatic heterocycles. The van der Waals surface area contributed by atoms with Crippen LogP contribution in [-0.2, 0) is 25.6 Å². The van der Waals surface area contributed by atoms with Crippen LogP contribution in [0, 0.1) is 0 Å². The number of nitrogens with one attached hydrogen (secondary N) is 3. The van der Waals surface area contributed by atoms with E-state index in [1.807, 2.05) is 24.5 Å². The van der Waals surface area contributed by atoms with Crippen molar-refractivity contribution in [3.8, 4) is 0 Å². The van der Waals surface area contributed by atoms with Crippen LogP contribution in [0.4, 0.5) is 26.3 Å². The molecule has 0 spiro atoms. The summed E-state index contributed by atoms with van der Waals surface area (Å²) in [5.74, 6) is -4.68. The van der Waals surface area contributed by atoms with Gasteiger partial charge >= 0.3 is 18.1 Å². The summed E-state index contributed by atoms with van der Waals surface area (Å²) in [7, 11) is 1.65. The summed E-state index contributed by atoms with van der Waals surface area (Å²) in [6.07, 6.45) is 0.549. The van der Waals surface area contributed by atoms with Crippen molar-refractivity contribution in [2.24, 2.45) is 4.99 Å². The summed E-state index contributed by atoms with van der Waals surface area (Å²) >= 11 is 0. The average Bonchev–Trinajstić information content (AvgIpc) is 3.77. The van der Waals surface area contributed by atoms with Gasteiger partial charge in [-0.3, -0.25) is 14.9 Å². The average molecular weight is 739 g/mol. The first-order valence-electron chi connectivity index (χ1n) is 15.4. The minimum Gasteiger partial charge on any atom is -0.542 e. The van der Waals surface area contributed by atoms with Gasteiger partial charge in [0.1, 0.15) is 24.2 Å². The van der Waals surface area contributed by atoms with Crippen LogP contribution in [-0.4, -0.2) is 70.1 Å². The molecule has 4 aromatic rings. The molecule has 20 heteroatoms. The molecule has 0 radical (unpaired) electrons. The van der Waals surface area contributed by atoms with E-state index in [1.54, 1.807) is 24.1 Å². The highest BCUT2D eigenvalue weighted by Crippen LogP contribution is 2.20. The molecule has 5 rings (SSSR count). The first kappa shape index (κ1) is 40.5. The van der Waals surface area contributed by atoms with Gasteiger partial charge in [0.2, 0.25) is 17.6 Å². The molecule has 5 N–H and O–H groups in total. The second-order valence-electron chi connectivity index (χ2n) is 11.0. The van der Waals surface area contributed by atoms with Crippen LogP contribution in [0.5, 0.6) is 0 Å². The van der Waals surface area contributed by atoms with Gasteiger partial charge in [0.05, 0.1) is 18.8 Å². The van der Waals surface area contributed by atoms with Crippen molar-refractivity contribution in [1.82, 2.24) is 25.7 Å². The lowest BCUT2D eigenvalue weighted by molar-refractivity contribution is -0.580. The van der Waals surface area contributed by atoms with Crippen molar-refractivity contribution in [2.75, 3.05) is 7.05 Å². The van der Waals surface area contributed by atoms with E-state index in [4.69, 9.17) is 24.8 Å². The fourth-order valence-electron chi connectivity index (χ4n) is 4.65. The Morgan fingerprint density at radius 1 is 0.904 bits per heavy atom. The Bertz CT molecular complexity index is 1920. The number of rotatable bonds is 11. The topological polar surface area (TPSA) is 213 Å². The van der Waals surface area contributed by atoms with Crippen molar-refractivity contribution >= 4 is 51.8 Å². The fraction of sp³-hybridized carbons (Fsp3) is 0.312. The van der Waals surface area contributed by atoms with Gasteiger partial charge in [0, 0.05) is 24.6 Å². The summed E-state index contributed by atoms with van der Waals surface area (Å²) in [5.41, 5.74) is 2.89. The first-order valence-corrected chi connectivity index (χ1v) is 15.4. The van der Waals surface area contributed by atoms with Crippen LogP contribution in [0.1, 0.15) is 43.2 Å². The molecule has 278 valence electrons. The Kier molecular flexibility index (Phi) is 14.3. The molecule has 2 amide bonds. The fourth-order valence-corrected chi connectivity index (χ4v) is 4.65. The quantitative estimate of drug-likeness (QED) is 0.0932. The van der Waals surface area contributed by atoms with E-state index in [9.17, 15) is 35.9 Å². The maximum atomic E-state index is 13.1. The van der Waals surface area contributed by atoms with Gasteiger partial charge in [-0.15, -0.1) is 4.52 Å². The number of alkyl halides is 6. The van der Waals surface area contributed by atoms with Crippen LogP contribution < -0.4 is 30.7 Å². The number of nitrogens with two attached hydrogens (primary N) is 1. The summed E-state index contributed by atoms with van der Waals surface area (Å²) in [6.45, 7) is 0. The number of aliphatic carboxylic acids is 2. The summed E-state index contributed by atoms with van der Waals surface area (Å²) in [4.78, 5) is 55.2. The number of aliphatic imine (C=N–C) groups is 1. The number of aromatic amines is 1. The number of amides is 2. The third kappa shape index (κ3) is 12.8. The lowest BCUT2D eigenvalue weighted by Crippen LogP contribution is -2.87. The SMILES string of the molecule is CNC(=O)CCCCC[C@H](NC(=O)Cc1cnc2nc[nH][n+]2c1)C1=NC=C(c2ccc3ccccc3c2)[NH2+]1.O=C([O-])C(F)(F)F.O=C([O-])C(F)(F)F. The predicted molar refractivity (Wildman–Crippen MR) is 166 cm³/mol. The number of carbonyl (C=O) groups is 4. The van der Waals surface area contributed by atoms with Crippen LogP contribution in [0.3, 0.4) is 0 Å². The smallest absolute Gasteiger partial charge is 0.456 e. The van der Waals surface area contributed by atoms with E-state index in [0.29, 0.717) is 12.2 Å². The van der Waals surface area contributed by atoms with E-state index in [-0.39, 0.29) is 24.3 Å². The Morgan fingerprint density at radius 2 is 1.56 bits per heavy atom. The zero-order chi connectivity index (χ0) is 38.5. The minimum atomic E-state index is -5.19. The molecule has 0 unspecified atom stereocenters. The Morgan fingerprint density at radius 3 is 2.19 bits per heavy atom. The van der Waals surface area contributed by atoms with Gasteiger partial charge in [0.15, 0.2) is 12.0 Å². The number of carboxylic acids is 2. The van der Waals surface area contributed by atoms with E-state index in [1.165, 1.54) is 10.8 Å². The molecule has 0 saturated heterocycles. The van der Waals surface area contributed by atoms with Crippen molar-refractivity contribution in [2.45, 2.75) is 56.9 Å². The molecule has 1 aliphatic rings. The number of benzene rings is 2. The Balaban J connectivity index is 0.000000441. The largest absolute Gasteiger partial charge is 0.542 e. The number of hydrogen-bond acceptors (Lipinski definition) is 9. The number of quaternary nitrogens is 1. The van der Waals surface area contributed by atoms with Crippen molar-refractivity contribution in [1.29, 1.82) is 0 Å². The summed E-state index contributed by atoms with van der Waals surface area (Å²) in [5, 5.41) is 30.8. The minimum absolute atomic E-state index is 0.0493. The number of amidine groups is 1. The zero-order valence-electron chi connectivity index (χ0n) is 27.3. The molecule has 3 heterocycles. The molecular weight excluding hydrogens is 706 g/mol. The summed E-state index contributed by atoms with van der Waals surface area (Å²) < 4.78 is 64.8. The first-order chi connectivity index (χ1) is 24.5. The lowest BCUT2D eigenvalue weighted by Gasteiger charge is -2.17. The van der Waals surface area contributed by atoms with Crippen LogP contribution in [0.15, 0.2) is 72.4 Å². The van der Waals surface area contributed by atoms with Gasteiger partial charge in [-0.05, 0) is 35.7 Å². The summed E-state index contributed by atoms with van der Waals surface area (Å²) in [6, 6.07) is 14.4. The Hall–Kier alpha value is -5.92. The van der Waals surface area contributed by atoms with E-state index < -0.39 is 24.3 Å². The molecule has 2 aromatic heterocycles. The highest BCUT2D eigenvalue weighted by atomic mass is 19.4. The van der Waals surface area contributed by atoms with Gasteiger partial charge in [0.25, 0.3) is 0 Å². The predicted octanol–water partition coefficient (Wildman–Crippen LogP) is -0.00830. The number of halogens is 6. The van der Waals surface area contributed by atoms with E-state index >= 15 is 0 Å². The maximum Gasteiger partial charge on any atom is 0.456 e. The molecular formula is C32H32F6N8O6. The number of hydrogen-bond donors (Lipinski definition) is 4. The zero-order valence-corrected chi connectivity index (χ0v) is 27.3. The lowest BCUT2D eigenvalue weighted by atomic mass is 10.0. The molecule has 0 saturated carbocycles. The van der Waals surface area contributed by atoms with Gasteiger partial charge in [-0.2, -0.15) is 26.3 Å². The maximum absolute atomic E-state index is 13.1. The number of H-pyrrole nitrogens is 1. The number of nitrogens with zero attached hydrogens (tertiary/aromatic N) is 4. The molecule has 2 aromatic carbocycles. The van der Waals surface area contributed by atoms with Crippen molar-refractivity contribution in [3.05, 3.63) is 78.5 Å². The molecule has 0 aliphatic carbocycles. The van der Waals surface area contributed by atoms with Gasteiger partial charge in [-0.1, -0.05) is 53.1 Å². The number of carboxylic acid groups (broad SMARTS) is 2. The third-order valence-corrected chi connectivity index (χ3v) is 7.17. The second-order valence-corrected chi connectivity index (χ2v) is 11.0. The van der Waals surface area contributed by atoms with Crippen LogP contribution >= 0.6 is 0 Å². The number of fused-ring (bicyclic) bond motifs is 2. The Labute approximate surface area is 290 Å². The van der Waals surface area contributed by atoms with Crippen molar-refractivity contribution in [3.63, 3.8) is 0 Å². The highest BCUT2D eigenvalue weighted by Gasteiger charge is 2.30. The highest BCUT2D eigenvalue weighted by molar-refractivity contribution is 5.92. The van der Waals surface area contributed by atoms with Crippen LogP contribution in [0.2, 0.25) is 0 Å². The molecule has 0 bridgehead atoms. The third-order valence-electron chi connectivity index (χ3n) is 7.17. The van der Waals surface area contributed by atoms with E-state index in [2.05, 4.69) is 61.3 Å². The monoisotopic (exact) mass is 738 g/mol. The van der Waals surface area contributed by atoms with Crippen molar-refractivity contribution < 1.29 is 65.6 Å².